The highest BCUT2D eigenvalue weighted by Crippen LogP contribution is 2.08. The van der Waals surface area contributed by atoms with Crippen LogP contribution in [0.4, 0.5) is 0 Å². The van der Waals surface area contributed by atoms with Gasteiger partial charge in [-0.2, -0.15) is 0 Å². The summed E-state index contributed by atoms with van der Waals surface area (Å²) in [7, 11) is 3.79. The van der Waals surface area contributed by atoms with E-state index >= 15 is 0 Å². The molecule has 1 nitrogen and oxygen atoms in total. The highest BCUT2D eigenvalue weighted by atomic mass is 32.2. The van der Waals surface area contributed by atoms with Gasteiger partial charge in [0.1, 0.15) is 0 Å². The van der Waals surface area contributed by atoms with Crippen molar-refractivity contribution in [2.75, 3.05) is 12.3 Å². The average molecular weight is 115 g/mol. The number of hydrogen-bond acceptors (Lipinski definition) is 1. The summed E-state index contributed by atoms with van der Waals surface area (Å²) in [6.07, 6.45) is 0. The van der Waals surface area contributed by atoms with Crippen molar-refractivity contribution in [1.82, 2.24) is 0 Å². The molecule has 0 saturated carbocycles. The molecule has 0 aromatic heterocycles. The molecule has 0 aromatic carbocycles. The summed E-state index contributed by atoms with van der Waals surface area (Å²) in [5, 5.41) is 1.35. The SMILES string of the molecule is [CH2][N+]1=C(C)SCC1. The number of nitrogens with zero attached hydrogens (tertiary/aromatic N) is 1. The molecule has 1 aliphatic heterocycles. The Balaban J connectivity index is 2.64. The van der Waals surface area contributed by atoms with Crippen molar-refractivity contribution in [3.8, 4) is 0 Å². The molecule has 0 aromatic rings. The third-order valence-corrected chi connectivity index (χ3v) is 2.18. The lowest BCUT2D eigenvalue weighted by atomic mass is 10.7. The Bertz CT molecular complexity index is 94.6. The monoisotopic (exact) mass is 115 g/mol. The van der Waals surface area contributed by atoms with Gasteiger partial charge in [0.05, 0.1) is 5.75 Å². The highest BCUT2D eigenvalue weighted by molar-refractivity contribution is 8.13. The van der Waals surface area contributed by atoms with Gasteiger partial charge < -0.3 is 0 Å². The van der Waals surface area contributed by atoms with Gasteiger partial charge in [-0.25, -0.2) is 4.58 Å². The Morgan fingerprint density at radius 2 is 2.57 bits per heavy atom. The van der Waals surface area contributed by atoms with Crippen LogP contribution < -0.4 is 0 Å². The topological polar surface area (TPSA) is 3.01 Å². The van der Waals surface area contributed by atoms with Crippen molar-refractivity contribution in [2.24, 2.45) is 0 Å². The summed E-state index contributed by atoms with van der Waals surface area (Å²) < 4.78 is 2.03. The van der Waals surface area contributed by atoms with E-state index in [4.69, 9.17) is 0 Å². The third kappa shape index (κ3) is 0.969. The van der Waals surface area contributed by atoms with Crippen LogP contribution >= 0.6 is 11.8 Å². The lowest BCUT2D eigenvalue weighted by molar-refractivity contribution is -0.453. The average Bonchev–Trinajstić information content (AvgIpc) is 1.91. The first kappa shape index (κ1) is 5.16. The zero-order valence-corrected chi connectivity index (χ0v) is 5.29. The van der Waals surface area contributed by atoms with Crippen molar-refractivity contribution in [1.29, 1.82) is 0 Å². The van der Waals surface area contributed by atoms with Gasteiger partial charge >= 0.3 is 0 Å². The standard InChI is InChI=1S/C5H9NS/c1-5-6(2)3-4-7-5/h2-4H2,1H3/q+1. The summed E-state index contributed by atoms with van der Waals surface area (Å²) in [6.45, 7) is 3.22. The maximum absolute atomic E-state index is 3.79. The predicted octanol–water partition coefficient (Wildman–Crippen LogP) is 0.956. The first-order chi connectivity index (χ1) is 3.30. The van der Waals surface area contributed by atoms with Gasteiger partial charge in [0, 0.05) is 6.92 Å². The molecule has 0 saturated heterocycles. The fourth-order valence-corrected chi connectivity index (χ4v) is 1.43. The maximum atomic E-state index is 3.79. The summed E-state index contributed by atoms with van der Waals surface area (Å²) in [5.41, 5.74) is 0. The van der Waals surface area contributed by atoms with Crippen molar-refractivity contribution in [3.05, 3.63) is 7.05 Å². The molecule has 0 N–H and O–H groups in total. The number of rotatable bonds is 0. The molecule has 1 aliphatic rings. The van der Waals surface area contributed by atoms with Crippen molar-refractivity contribution in [2.45, 2.75) is 6.92 Å². The maximum Gasteiger partial charge on any atom is 0.207 e. The minimum atomic E-state index is 1.12. The van der Waals surface area contributed by atoms with Crippen LogP contribution in [0.25, 0.3) is 0 Å². The van der Waals surface area contributed by atoms with Crippen LogP contribution in [-0.2, 0) is 0 Å². The Morgan fingerprint density at radius 1 is 1.86 bits per heavy atom. The molecule has 1 rings (SSSR count). The second-order valence-electron chi connectivity index (χ2n) is 1.63. The summed E-state index contributed by atoms with van der Waals surface area (Å²) in [5.74, 6) is 1.22. The van der Waals surface area contributed by atoms with E-state index in [9.17, 15) is 0 Å². The number of thioether (sulfide) groups is 1. The Kier molecular flexibility index (Phi) is 1.38. The molecule has 0 bridgehead atoms. The van der Waals surface area contributed by atoms with Gasteiger partial charge in [0.2, 0.25) is 12.1 Å². The van der Waals surface area contributed by atoms with E-state index in [-0.39, 0.29) is 0 Å². The molecule has 0 aliphatic carbocycles. The molecule has 0 fully saturated rings. The lowest BCUT2D eigenvalue weighted by Crippen LogP contribution is -2.01. The molecular weight excluding hydrogens is 106 g/mol. The summed E-state index contributed by atoms with van der Waals surface area (Å²) in [6, 6.07) is 0. The van der Waals surface area contributed by atoms with Crippen LogP contribution in [0.2, 0.25) is 0 Å². The van der Waals surface area contributed by atoms with Gasteiger partial charge in [-0.05, 0) is 0 Å². The largest absolute Gasteiger partial charge is 0.221 e. The summed E-state index contributed by atoms with van der Waals surface area (Å²) >= 11 is 1.89. The van der Waals surface area contributed by atoms with Crippen molar-refractivity contribution >= 4 is 16.8 Å². The Hall–Kier alpha value is 0.0200. The molecule has 2 heteroatoms. The summed E-state index contributed by atoms with van der Waals surface area (Å²) in [4.78, 5) is 0. The Morgan fingerprint density at radius 3 is 2.71 bits per heavy atom. The molecular formula is C5H9NS+. The van der Waals surface area contributed by atoms with E-state index < -0.39 is 0 Å². The molecule has 7 heavy (non-hydrogen) atoms. The molecule has 1 radical (unpaired) electrons. The number of hydrogen-bond donors (Lipinski definition) is 0. The second-order valence-corrected chi connectivity index (χ2v) is 2.92. The van der Waals surface area contributed by atoms with Gasteiger partial charge in [-0.15, -0.1) is 0 Å². The predicted molar refractivity (Wildman–Crippen MR) is 33.6 cm³/mol. The van der Waals surface area contributed by atoms with Crippen LogP contribution in [0, 0.1) is 7.05 Å². The van der Waals surface area contributed by atoms with Crippen LogP contribution in [0.3, 0.4) is 0 Å². The van der Waals surface area contributed by atoms with E-state index in [1.165, 1.54) is 10.8 Å². The van der Waals surface area contributed by atoms with Gasteiger partial charge in [0.25, 0.3) is 0 Å². The van der Waals surface area contributed by atoms with E-state index in [1.807, 2.05) is 16.3 Å². The fourth-order valence-electron chi connectivity index (χ4n) is 0.552. The van der Waals surface area contributed by atoms with E-state index in [0.717, 1.165) is 6.54 Å². The fraction of sp³-hybridized carbons (Fsp3) is 0.600. The van der Waals surface area contributed by atoms with Crippen LogP contribution in [0.5, 0.6) is 0 Å². The molecule has 0 atom stereocenters. The highest BCUT2D eigenvalue weighted by Gasteiger charge is 2.13. The quantitative estimate of drug-likeness (QED) is 0.425. The molecule has 0 amide bonds. The molecule has 0 spiro atoms. The minimum absolute atomic E-state index is 1.12. The van der Waals surface area contributed by atoms with E-state index in [1.54, 1.807) is 0 Å². The molecule has 0 unspecified atom stereocenters. The van der Waals surface area contributed by atoms with Crippen LogP contribution in [0.15, 0.2) is 0 Å². The van der Waals surface area contributed by atoms with Gasteiger partial charge in [-0.1, -0.05) is 11.8 Å². The van der Waals surface area contributed by atoms with E-state index in [2.05, 4.69) is 14.0 Å². The van der Waals surface area contributed by atoms with Gasteiger partial charge in [-0.3, -0.25) is 0 Å². The molecule has 39 valence electrons. The first-order valence-electron chi connectivity index (χ1n) is 2.35. The van der Waals surface area contributed by atoms with Crippen molar-refractivity contribution < 1.29 is 4.58 Å². The zero-order chi connectivity index (χ0) is 5.28. The van der Waals surface area contributed by atoms with Crippen LogP contribution in [0.1, 0.15) is 6.92 Å². The second kappa shape index (κ2) is 1.86. The molecule has 1 heterocycles. The van der Waals surface area contributed by atoms with Gasteiger partial charge in [0.15, 0.2) is 6.54 Å². The Labute approximate surface area is 48.4 Å². The van der Waals surface area contributed by atoms with Crippen LogP contribution in [-0.4, -0.2) is 21.9 Å². The third-order valence-electron chi connectivity index (χ3n) is 1.12. The van der Waals surface area contributed by atoms with Crippen molar-refractivity contribution in [3.63, 3.8) is 0 Å². The normalized spacial score (nSPS) is 21.4. The first-order valence-corrected chi connectivity index (χ1v) is 3.33. The minimum Gasteiger partial charge on any atom is -0.221 e. The lowest BCUT2D eigenvalue weighted by Gasteiger charge is -1.80. The zero-order valence-electron chi connectivity index (χ0n) is 4.48. The van der Waals surface area contributed by atoms with E-state index in [0.29, 0.717) is 0 Å². The smallest absolute Gasteiger partial charge is 0.207 e.